The fraction of sp³-hybridized carbons (Fsp3) is 0. The summed E-state index contributed by atoms with van der Waals surface area (Å²) in [6.45, 7) is 0. The SMILES string of the molecule is O=[N+]([O-])c1ccc(O)c(-c2cccs2)c1. The van der Waals surface area contributed by atoms with Crippen LogP contribution in [0.4, 0.5) is 5.69 Å². The maximum absolute atomic E-state index is 10.6. The average Bonchev–Trinajstić information content (AvgIpc) is 2.71. The Balaban J connectivity index is 2.55. The summed E-state index contributed by atoms with van der Waals surface area (Å²) in [5.74, 6) is 0.0584. The Bertz CT molecular complexity index is 493. The summed E-state index contributed by atoms with van der Waals surface area (Å²) in [5, 5.41) is 22.0. The third-order valence-electron chi connectivity index (χ3n) is 1.98. The van der Waals surface area contributed by atoms with Gasteiger partial charge in [0.1, 0.15) is 5.75 Å². The Morgan fingerprint density at radius 2 is 2.13 bits per heavy atom. The first-order valence-corrected chi connectivity index (χ1v) is 5.08. The molecule has 1 aromatic carbocycles. The minimum absolute atomic E-state index is 0.0174. The number of hydrogen-bond donors (Lipinski definition) is 1. The minimum Gasteiger partial charge on any atom is -0.507 e. The van der Waals surface area contributed by atoms with Gasteiger partial charge in [0.05, 0.1) is 4.92 Å². The van der Waals surface area contributed by atoms with Gasteiger partial charge in [-0.3, -0.25) is 10.1 Å². The van der Waals surface area contributed by atoms with Gasteiger partial charge in [-0.1, -0.05) is 6.07 Å². The van der Waals surface area contributed by atoms with Gasteiger partial charge in [-0.25, -0.2) is 0 Å². The lowest BCUT2D eigenvalue weighted by molar-refractivity contribution is -0.384. The second-order valence-corrected chi connectivity index (χ2v) is 3.88. The summed E-state index contributed by atoms with van der Waals surface area (Å²) in [6, 6.07) is 7.64. The summed E-state index contributed by atoms with van der Waals surface area (Å²) in [6.07, 6.45) is 0. The second kappa shape index (κ2) is 3.70. The molecule has 0 aliphatic rings. The van der Waals surface area contributed by atoms with Crippen LogP contribution in [0, 0.1) is 10.1 Å². The highest BCUT2D eigenvalue weighted by Crippen LogP contribution is 2.34. The highest BCUT2D eigenvalue weighted by molar-refractivity contribution is 7.13. The normalized spacial score (nSPS) is 10.1. The molecule has 15 heavy (non-hydrogen) atoms. The molecular weight excluding hydrogens is 214 g/mol. The number of rotatable bonds is 2. The van der Waals surface area contributed by atoms with Gasteiger partial charge >= 0.3 is 0 Å². The highest BCUT2D eigenvalue weighted by atomic mass is 32.1. The zero-order valence-electron chi connectivity index (χ0n) is 7.58. The van der Waals surface area contributed by atoms with Gasteiger partial charge in [0.25, 0.3) is 5.69 Å². The van der Waals surface area contributed by atoms with Crippen molar-refractivity contribution in [1.29, 1.82) is 0 Å². The molecule has 0 bridgehead atoms. The Labute approximate surface area is 89.6 Å². The molecule has 0 aliphatic carbocycles. The van der Waals surface area contributed by atoms with Crippen molar-refractivity contribution < 1.29 is 10.0 Å². The molecule has 1 heterocycles. The van der Waals surface area contributed by atoms with Crippen molar-refractivity contribution in [3.05, 3.63) is 45.8 Å². The lowest BCUT2D eigenvalue weighted by Crippen LogP contribution is -1.87. The van der Waals surface area contributed by atoms with E-state index in [0.717, 1.165) is 4.88 Å². The predicted octanol–water partition coefficient (Wildman–Crippen LogP) is 3.03. The van der Waals surface area contributed by atoms with Crippen LogP contribution in [0.25, 0.3) is 10.4 Å². The van der Waals surface area contributed by atoms with Gasteiger partial charge in [-0.05, 0) is 17.5 Å². The van der Waals surface area contributed by atoms with Crippen molar-refractivity contribution in [3.8, 4) is 16.2 Å². The largest absolute Gasteiger partial charge is 0.507 e. The van der Waals surface area contributed by atoms with Crippen LogP contribution in [0.2, 0.25) is 0 Å². The van der Waals surface area contributed by atoms with Crippen molar-refractivity contribution in [1.82, 2.24) is 0 Å². The number of nitrogens with zero attached hydrogens (tertiary/aromatic N) is 1. The Morgan fingerprint density at radius 3 is 2.73 bits per heavy atom. The quantitative estimate of drug-likeness (QED) is 0.626. The molecule has 0 fully saturated rings. The number of phenolic OH excluding ortho intramolecular Hbond substituents is 1. The van der Waals surface area contributed by atoms with Crippen LogP contribution in [0.15, 0.2) is 35.7 Å². The maximum Gasteiger partial charge on any atom is 0.270 e. The van der Waals surface area contributed by atoms with E-state index in [4.69, 9.17) is 0 Å². The molecule has 0 radical (unpaired) electrons. The fourth-order valence-corrected chi connectivity index (χ4v) is 2.02. The lowest BCUT2D eigenvalue weighted by atomic mass is 10.1. The number of non-ortho nitro benzene ring substituents is 1. The van der Waals surface area contributed by atoms with E-state index in [1.54, 1.807) is 0 Å². The summed E-state index contributed by atoms with van der Waals surface area (Å²) in [7, 11) is 0. The summed E-state index contributed by atoms with van der Waals surface area (Å²) < 4.78 is 0. The van der Waals surface area contributed by atoms with Gasteiger partial charge < -0.3 is 5.11 Å². The molecule has 1 N–H and O–H groups in total. The zero-order chi connectivity index (χ0) is 10.8. The van der Waals surface area contributed by atoms with E-state index >= 15 is 0 Å². The molecule has 4 nitrogen and oxygen atoms in total. The Hall–Kier alpha value is -1.88. The van der Waals surface area contributed by atoms with Crippen LogP contribution in [0.3, 0.4) is 0 Å². The lowest BCUT2D eigenvalue weighted by Gasteiger charge is -2.00. The topological polar surface area (TPSA) is 63.4 Å². The van der Waals surface area contributed by atoms with Crippen molar-refractivity contribution in [2.75, 3.05) is 0 Å². The molecule has 1 aromatic heterocycles. The number of phenols is 1. The van der Waals surface area contributed by atoms with Gasteiger partial charge in [-0.15, -0.1) is 11.3 Å². The zero-order valence-corrected chi connectivity index (χ0v) is 8.40. The van der Waals surface area contributed by atoms with Crippen molar-refractivity contribution in [3.63, 3.8) is 0 Å². The van der Waals surface area contributed by atoms with E-state index in [1.165, 1.54) is 29.5 Å². The van der Waals surface area contributed by atoms with Gasteiger partial charge in [0.15, 0.2) is 0 Å². The minimum atomic E-state index is -0.476. The van der Waals surface area contributed by atoms with E-state index in [0.29, 0.717) is 5.56 Å². The van der Waals surface area contributed by atoms with Gasteiger partial charge in [0, 0.05) is 22.6 Å². The molecule has 76 valence electrons. The third-order valence-corrected chi connectivity index (χ3v) is 2.88. The molecule has 0 aliphatic heterocycles. The standard InChI is InChI=1S/C10H7NO3S/c12-9-4-3-7(11(13)14)6-8(9)10-2-1-5-15-10/h1-6,12H. The predicted molar refractivity (Wildman–Crippen MR) is 58.1 cm³/mol. The smallest absolute Gasteiger partial charge is 0.270 e. The van der Waals surface area contributed by atoms with E-state index < -0.39 is 4.92 Å². The molecule has 0 spiro atoms. The second-order valence-electron chi connectivity index (χ2n) is 2.94. The number of nitro benzene ring substituents is 1. The number of benzene rings is 1. The molecule has 5 heteroatoms. The molecule has 2 rings (SSSR count). The first-order chi connectivity index (χ1) is 7.18. The molecule has 0 atom stereocenters. The van der Waals surface area contributed by atoms with Crippen LogP contribution in [-0.2, 0) is 0 Å². The van der Waals surface area contributed by atoms with E-state index in [-0.39, 0.29) is 11.4 Å². The Morgan fingerprint density at radius 1 is 1.33 bits per heavy atom. The molecule has 0 saturated heterocycles. The van der Waals surface area contributed by atoms with Crippen molar-refractivity contribution in [2.45, 2.75) is 0 Å². The number of aromatic hydroxyl groups is 1. The van der Waals surface area contributed by atoms with Crippen molar-refractivity contribution in [2.24, 2.45) is 0 Å². The van der Waals surface area contributed by atoms with Crippen molar-refractivity contribution >= 4 is 17.0 Å². The molecule has 2 aromatic rings. The third kappa shape index (κ3) is 1.82. The monoisotopic (exact) mass is 221 g/mol. The highest BCUT2D eigenvalue weighted by Gasteiger charge is 2.11. The number of thiophene rings is 1. The summed E-state index contributed by atoms with van der Waals surface area (Å²) >= 11 is 1.43. The molecule has 0 amide bonds. The van der Waals surface area contributed by atoms with Gasteiger partial charge in [0.2, 0.25) is 0 Å². The van der Waals surface area contributed by atoms with E-state index in [9.17, 15) is 15.2 Å². The van der Waals surface area contributed by atoms with Crippen LogP contribution in [0.1, 0.15) is 0 Å². The molecule has 0 unspecified atom stereocenters. The Kier molecular flexibility index (Phi) is 2.39. The first kappa shape index (κ1) is 9.67. The van der Waals surface area contributed by atoms with Crippen LogP contribution >= 0.6 is 11.3 Å². The van der Waals surface area contributed by atoms with E-state index in [1.807, 2.05) is 17.5 Å². The molecule has 0 saturated carbocycles. The van der Waals surface area contributed by atoms with Crippen LogP contribution in [-0.4, -0.2) is 10.0 Å². The summed E-state index contributed by atoms with van der Waals surface area (Å²) in [4.78, 5) is 10.9. The van der Waals surface area contributed by atoms with Crippen LogP contribution in [0.5, 0.6) is 5.75 Å². The first-order valence-electron chi connectivity index (χ1n) is 4.20. The number of nitro groups is 1. The fourth-order valence-electron chi connectivity index (χ4n) is 1.27. The molecular formula is C10H7NO3S. The van der Waals surface area contributed by atoms with Crippen LogP contribution < -0.4 is 0 Å². The average molecular weight is 221 g/mol. The van der Waals surface area contributed by atoms with Gasteiger partial charge in [-0.2, -0.15) is 0 Å². The maximum atomic E-state index is 10.6. The number of hydrogen-bond acceptors (Lipinski definition) is 4. The van der Waals surface area contributed by atoms with E-state index in [2.05, 4.69) is 0 Å². The summed E-state index contributed by atoms with van der Waals surface area (Å²) in [5.41, 5.74) is 0.482.